The van der Waals surface area contributed by atoms with E-state index in [2.05, 4.69) is 42.0 Å². The first-order valence-corrected chi connectivity index (χ1v) is 8.28. The Morgan fingerprint density at radius 3 is 2.59 bits per heavy atom. The van der Waals surface area contributed by atoms with Crippen molar-refractivity contribution in [2.75, 3.05) is 0 Å². The lowest BCUT2D eigenvalue weighted by Crippen LogP contribution is -1.89. The lowest BCUT2D eigenvalue weighted by molar-refractivity contribution is 1.39. The number of benzene rings is 2. The fraction of sp³-hybridized carbons (Fsp3) is 0.111. The molecule has 0 N–H and O–H groups in total. The van der Waals surface area contributed by atoms with Crippen molar-refractivity contribution < 1.29 is 0 Å². The van der Waals surface area contributed by atoms with Crippen LogP contribution in [0.25, 0.3) is 32.2 Å². The first-order valence-electron chi connectivity index (χ1n) is 7.02. The van der Waals surface area contributed by atoms with Crippen LogP contribution in [0.4, 0.5) is 0 Å². The van der Waals surface area contributed by atoms with Crippen LogP contribution in [0.5, 0.6) is 0 Å². The molecular weight excluding hydrogens is 312 g/mol. The molecular formula is C18H13ClN2S. The summed E-state index contributed by atoms with van der Waals surface area (Å²) in [5.74, 6) is 0. The minimum atomic E-state index is 0.694. The maximum Gasteiger partial charge on any atom is 0.0894 e. The number of aromatic nitrogens is 2. The lowest BCUT2D eigenvalue weighted by Gasteiger charge is -2.10. The second-order valence-corrected chi connectivity index (χ2v) is 6.81. The molecule has 22 heavy (non-hydrogen) atoms. The summed E-state index contributed by atoms with van der Waals surface area (Å²) >= 11 is 8.04. The highest BCUT2D eigenvalue weighted by Gasteiger charge is 2.13. The topological polar surface area (TPSA) is 25.8 Å². The fourth-order valence-corrected chi connectivity index (χ4v) is 4.01. The second-order valence-electron chi connectivity index (χ2n) is 5.51. The molecule has 0 radical (unpaired) electrons. The highest BCUT2D eigenvalue weighted by atomic mass is 35.5. The molecule has 0 aliphatic heterocycles. The number of aryl methyl sites for hydroxylation is 2. The van der Waals surface area contributed by atoms with Crippen molar-refractivity contribution >= 4 is 44.1 Å². The quantitative estimate of drug-likeness (QED) is 0.443. The van der Waals surface area contributed by atoms with Gasteiger partial charge in [0.05, 0.1) is 26.3 Å². The van der Waals surface area contributed by atoms with Gasteiger partial charge in [-0.05, 0) is 60.9 Å². The van der Waals surface area contributed by atoms with Crippen LogP contribution in [0.15, 0.2) is 42.0 Å². The van der Waals surface area contributed by atoms with Crippen molar-refractivity contribution in [3.8, 4) is 11.1 Å². The van der Waals surface area contributed by atoms with Crippen LogP contribution in [0.2, 0.25) is 5.02 Å². The van der Waals surface area contributed by atoms with Crippen LogP contribution < -0.4 is 0 Å². The Labute approximate surface area is 137 Å². The van der Waals surface area contributed by atoms with E-state index in [0.29, 0.717) is 5.02 Å². The van der Waals surface area contributed by atoms with Gasteiger partial charge in [-0.2, -0.15) is 0 Å². The maximum absolute atomic E-state index is 6.37. The van der Waals surface area contributed by atoms with Crippen LogP contribution in [0.1, 0.15) is 11.1 Å². The Kier molecular flexibility index (Phi) is 3.13. The normalized spacial score (nSPS) is 11.4. The van der Waals surface area contributed by atoms with Crippen LogP contribution in [0.3, 0.4) is 0 Å². The summed E-state index contributed by atoms with van der Waals surface area (Å²) in [4.78, 5) is 9.00. The summed E-state index contributed by atoms with van der Waals surface area (Å²) in [7, 11) is 0. The van der Waals surface area contributed by atoms with Gasteiger partial charge in [-0.1, -0.05) is 11.6 Å². The average Bonchev–Trinajstić information content (AvgIpc) is 2.94. The first kappa shape index (κ1) is 13.7. The molecule has 4 rings (SSSR count). The molecule has 2 aromatic carbocycles. The van der Waals surface area contributed by atoms with Gasteiger partial charge in [0.2, 0.25) is 0 Å². The molecule has 2 nitrogen and oxygen atoms in total. The molecule has 4 heteroatoms. The molecule has 0 saturated heterocycles. The standard InChI is InChI=1S/C18H13ClN2S/c1-10-5-13-12(3-4-20-17(13)15(19)7-10)14-6-11(2)8-16-18(14)21-9-22-16/h3-9H,1-2H3. The molecule has 0 aliphatic rings. The van der Waals surface area contributed by atoms with E-state index in [1.165, 1.54) is 10.3 Å². The molecule has 2 aromatic heterocycles. The van der Waals surface area contributed by atoms with Gasteiger partial charge in [0, 0.05) is 17.1 Å². The maximum atomic E-state index is 6.37. The summed E-state index contributed by atoms with van der Waals surface area (Å²) < 4.78 is 1.21. The predicted octanol–water partition coefficient (Wildman–Crippen LogP) is 5.78. The van der Waals surface area contributed by atoms with Crippen molar-refractivity contribution in [2.24, 2.45) is 0 Å². The lowest BCUT2D eigenvalue weighted by atomic mass is 9.98. The van der Waals surface area contributed by atoms with E-state index < -0.39 is 0 Å². The molecule has 0 saturated carbocycles. The van der Waals surface area contributed by atoms with E-state index in [4.69, 9.17) is 11.6 Å². The van der Waals surface area contributed by atoms with Gasteiger partial charge in [-0.3, -0.25) is 4.98 Å². The number of rotatable bonds is 1. The minimum absolute atomic E-state index is 0.694. The Bertz CT molecular complexity index is 1020. The minimum Gasteiger partial charge on any atom is -0.255 e. The van der Waals surface area contributed by atoms with Gasteiger partial charge in [-0.15, -0.1) is 11.3 Å². The monoisotopic (exact) mass is 324 g/mol. The molecule has 0 amide bonds. The predicted molar refractivity (Wildman–Crippen MR) is 94.8 cm³/mol. The molecule has 0 unspecified atom stereocenters. The zero-order valence-electron chi connectivity index (χ0n) is 12.2. The van der Waals surface area contributed by atoms with Crippen molar-refractivity contribution in [1.82, 2.24) is 9.97 Å². The van der Waals surface area contributed by atoms with E-state index in [-0.39, 0.29) is 0 Å². The Morgan fingerprint density at radius 2 is 1.73 bits per heavy atom. The van der Waals surface area contributed by atoms with Crippen LogP contribution >= 0.6 is 22.9 Å². The van der Waals surface area contributed by atoms with Gasteiger partial charge >= 0.3 is 0 Å². The summed E-state index contributed by atoms with van der Waals surface area (Å²) in [5.41, 5.74) is 8.43. The highest BCUT2D eigenvalue weighted by molar-refractivity contribution is 7.16. The summed E-state index contributed by atoms with van der Waals surface area (Å²) in [6.07, 6.45) is 1.82. The number of halogens is 1. The third kappa shape index (κ3) is 2.09. The van der Waals surface area contributed by atoms with Gasteiger partial charge < -0.3 is 0 Å². The van der Waals surface area contributed by atoms with Gasteiger partial charge in [0.25, 0.3) is 0 Å². The molecule has 0 bridgehead atoms. The van der Waals surface area contributed by atoms with Crippen molar-refractivity contribution in [2.45, 2.75) is 13.8 Å². The number of nitrogens with zero attached hydrogens (tertiary/aromatic N) is 2. The van der Waals surface area contributed by atoms with E-state index in [1.807, 2.05) is 23.8 Å². The molecule has 0 atom stereocenters. The number of pyridine rings is 1. The third-order valence-electron chi connectivity index (χ3n) is 3.81. The highest BCUT2D eigenvalue weighted by Crippen LogP contribution is 2.36. The Balaban J connectivity index is 2.15. The smallest absolute Gasteiger partial charge is 0.0894 e. The molecule has 4 aromatic rings. The van der Waals surface area contributed by atoms with E-state index in [1.54, 1.807) is 11.3 Å². The average molecular weight is 325 g/mol. The first-order chi connectivity index (χ1) is 10.6. The van der Waals surface area contributed by atoms with E-state index in [9.17, 15) is 0 Å². The Morgan fingerprint density at radius 1 is 0.909 bits per heavy atom. The molecule has 2 heterocycles. The van der Waals surface area contributed by atoms with Gasteiger partial charge in [0.15, 0.2) is 0 Å². The summed E-state index contributed by atoms with van der Waals surface area (Å²) in [6.45, 7) is 4.17. The summed E-state index contributed by atoms with van der Waals surface area (Å²) in [6, 6.07) is 10.5. The molecule has 108 valence electrons. The molecule has 0 aliphatic carbocycles. The van der Waals surface area contributed by atoms with Crippen LogP contribution in [0, 0.1) is 13.8 Å². The van der Waals surface area contributed by atoms with E-state index >= 15 is 0 Å². The third-order valence-corrected chi connectivity index (χ3v) is 4.88. The Hall–Kier alpha value is -1.97. The van der Waals surface area contributed by atoms with Crippen LogP contribution in [-0.2, 0) is 0 Å². The number of fused-ring (bicyclic) bond motifs is 2. The van der Waals surface area contributed by atoms with Crippen molar-refractivity contribution in [1.29, 1.82) is 0 Å². The zero-order chi connectivity index (χ0) is 15.3. The van der Waals surface area contributed by atoms with Gasteiger partial charge in [0.1, 0.15) is 0 Å². The van der Waals surface area contributed by atoms with E-state index in [0.717, 1.165) is 33.1 Å². The molecule has 0 fully saturated rings. The number of hydrogen-bond acceptors (Lipinski definition) is 3. The molecule has 0 spiro atoms. The SMILES string of the molecule is Cc1cc(-c2ccnc3c(Cl)cc(C)cc23)c2ncsc2c1. The summed E-state index contributed by atoms with van der Waals surface area (Å²) in [5, 5.41) is 1.77. The fourth-order valence-electron chi connectivity index (χ4n) is 2.89. The van der Waals surface area contributed by atoms with Crippen molar-refractivity contribution in [3.63, 3.8) is 0 Å². The van der Waals surface area contributed by atoms with Crippen LogP contribution in [-0.4, -0.2) is 9.97 Å². The number of hydrogen-bond donors (Lipinski definition) is 0. The largest absolute Gasteiger partial charge is 0.255 e. The second kappa shape index (κ2) is 5.04. The zero-order valence-corrected chi connectivity index (χ0v) is 13.8. The van der Waals surface area contributed by atoms with Gasteiger partial charge in [-0.25, -0.2) is 4.98 Å². The number of thiazole rings is 1. The van der Waals surface area contributed by atoms with Crippen molar-refractivity contribution in [3.05, 3.63) is 58.2 Å².